The molecule has 1 aromatic heterocycles. The molecule has 0 N–H and O–H groups in total. The molecule has 0 spiro atoms. The fraction of sp³-hybridized carbons (Fsp3) is 0.471. The van der Waals surface area contributed by atoms with Gasteiger partial charge in [-0.2, -0.15) is 0 Å². The van der Waals surface area contributed by atoms with Crippen LogP contribution < -0.4 is 9.64 Å². The molecule has 2 heterocycles. The smallest absolute Gasteiger partial charge is 0.318 e. The monoisotopic (exact) mass is 348 g/mol. The average molecular weight is 348 g/mol. The maximum absolute atomic E-state index is 13.1. The molecule has 1 amide bonds. The molecule has 3 rings (SSSR count). The first-order valence-corrected chi connectivity index (χ1v) is 8.27. The fourth-order valence-electron chi connectivity index (χ4n) is 2.53. The van der Waals surface area contributed by atoms with Crippen LogP contribution in [0.4, 0.5) is 10.4 Å². The Kier molecular flexibility index (Phi) is 5.16. The zero-order valence-corrected chi connectivity index (χ0v) is 14.3. The van der Waals surface area contributed by atoms with Crippen LogP contribution >= 0.6 is 0 Å². The summed E-state index contributed by atoms with van der Waals surface area (Å²) in [5.41, 5.74) is 0. The number of nitrogens with zero attached hydrogens (tertiary/aromatic N) is 4. The highest BCUT2D eigenvalue weighted by atomic mass is 19.1. The minimum absolute atomic E-state index is 0.110. The third-order valence-electron chi connectivity index (χ3n) is 3.99. The van der Waals surface area contributed by atoms with Gasteiger partial charge in [0.1, 0.15) is 11.6 Å². The highest BCUT2D eigenvalue weighted by Crippen LogP contribution is 2.19. The molecule has 0 unspecified atom stereocenters. The number of carbonyl (C=O) groups excluding carboxylic acids is 1. The first kappa shape index (κ1) is 17.2. The SMILES string of the molecule is CC(C)c1nnc(N2CCN(C(=O)COc3cccc(F)c3)CC2)o1. The summed E-state index contributed by atoms with van der Waals surface area (Å²) in [5.74, 6) is 0.622. The number of halogens is 1. The lowest BCUT2D eigenvalue weighted by Crippen LogP contribution is -2.50. The molecule has 0 bridgehead atoms. The van der Waals surface area contributed by atoms with Gasteiger partial charge < -0.3 is 19.0 Å². The van der Waals surface area contributed by atoms with Crippen molar-refractivity contribution in [3.8, 4) is 5.75 Å². The van der Waals surface area contributed by atoms with Crippen molar-refractivity contribution in [3.05, 3.63) is 36.0 Å². The number of rotatable bonds is 5. The Bertz CT molecular complexity index is 726. The summed E-state index contributed by atoms with van der Waals surface area (Å²) < 4.78 is 24.1. The van der Waals surface area contributed by atoms with Crippen molar-refractivity contribution >= 4 is 11.9 Å². The molecule has 1 aromatic carbocycles. The summed E-state index contributed by atoms with van der Waals surface area (Å²) >= 11 is 0. The number of hydrogen-bond donors (Lipinski definition) is 0. The Labute approximate surface area is 145 Å². The van der Waals surface area contributed by atoms with Crippen LogP contribution in [0.1, 0.15) is 25.7 Å². The van der Waals surface area contributed by atoms with Crippen LogP contribution in [0.15, 0.2) is 28.7 Å². The first-order chi connectivity index (χ1) is 12.0. The Hall–Kier alpha value is -2.64. The normalized spacial score (nSPS) is 14.9. The van der Waals surface area contributed by atoms with Crippen molar-refractivity contribution in [1.82, 2.24) is 15.1 Å². The van der Waals surface area contributed by atoms with E-state index in [4.69, 9.17) is 9.15 Å². The topological polar surface area (TPSA) is 71.7 Å². The predicted molar refractivity (Wildman–Crippen MR) is 89.1 cm³/mol. The number of ether oxygens (including phenoxy) is 1. The lowest BCUT2D eigenvalue weighted by molar-refractivity contribution is -0.133. The molecule has 1 aliphatic heterocycles. The van der Waals surface area contributed by atoms with Gasteiger partial charge in [0.25, 0.3) is 5.91 Å². The predicted octanol–water partition coefficient (Wildman–Crippen LogP) is 2.06. The largest absolute Gasteiger partial charge is 0.484 e. The molecule has 7 nitrogen and oxygen atoms in total. The van der Waals surface area contributed by atoms with Crippen molar-refractivity contribution in [2.75, 3.05) is 37.7 Å². The van der Waals surface area contributed by atoms with Crippen molar-refractivity contribution < 1.29 is 18.3 Å². The van der Waals surface area contributed by atoms with Crippen LogP contribution in [-0.2, 0) is 4.79 Å². The Morgan fingerprint density at radius 2 is 2.04 bits per heavy atom. The lowest BCUT2D eigenvalue weighted by Gasteiger charge is -2.33. The Morgan fingerprint density at radius 3 is 2.68 bits per heavy atom. The van der Waals surface area contributed by atoms with Crippen molar-refractivity contribution in [2.24, 2.45) is 0 Å². The van der Waals surface area contributed by atoms with Crippen LogP contribution in [-0.4, -0.2) is 53.8 Å². The van der Waals surface area contributed by atoms with Crippen LogP contribution in [0.2, 0.25) is 0 Å². The van der Waals surface area contributed by atoms with E-state index >= 15 is 0 Å². The summed E-state index contributed by atoms with van der Waals surface area (Å²) in [6.07, 6.45) is 0. The minimum Gasteiger partial charge on any atom is -0.484 e. The number of aromatic nitrogens is 2. The molecule has 1 aliphatic rings. The van der Waals surface area contributed by atoms with Gasteiger partial charge in [-0.3, -0.25) is 4.79 Å². The Morgan fingerprint density at radius 1 is 1.28 bits per heavy atom. The number of piperazine rings is 1. The zero-order valence-electron chi connectivity index (χ0n) is 14.3. The third-order valence-corrected chi connectivity index (χ3v) is 3.99. The van der Waals surface area contributed by atoms with Crippen molar-refractivity contribution in [1.29, 1.82) is 0 Å². The number of amides is 1. The van der Waals surface area contributed by atoms with E-state index in [-0.39, 0.29) is 24.2 Å². The number of carbonyl (C=O) groups is 1. The summed E-state index contributed by atoms with van der Waals surface area (Å²) in [5, 5.41) is 8.09. The van der Waals surface area contributed by atoms with E-state index in [1.807, 2.05) is 18.7 Å². The van der Waals surface area contributed by atoms with E-state index in [9.17, 15) is 9.18 Å². The van der Waals surface area contributed by atoms with Gasteiger partial charge in [0.15, 0.2) is 6.61 Å². The maximum atomic E-state index is 13.1. The number of benzene rings is 1. The molecule has 1 fully saturated rings. The van der Waals surface area contributed by atoms with Gasteiger partial charge in [-0.05, 0) is 12.1 Å². The summed E-state index contributed by atoms with van der Waals surface area (Å²) in [7, 11) is 0. The summed E-state index contributed by atoms with van der Waals surface area (Å²) in [6.45, 7) is 6.20. The summed E-state index contributed by atoms with van der Waals surface area (Å²) in [4.78, 5) is 15.9. The van der Waals surface area contributed by atoms with E-state index in [0.29, 0.717) is 43.8 Å². The molecule has 8 heteroatoms. The van der Waals surface area contributed by atoms with Crippen LogP contribution in [0.3, 0.4) is 0 Å². The minimum atomic E-state index is -0.390. The molecule has 0 atom stereocenters. The molecule has 1 saturated heterocycles. The van der Waals surface area contributed by atoms with Gasteiger partial charge in [-0.15, -0.1) is 5.10 Å². The van der Waals surface area contributed by atoms with Gasteiger partial charge in [-0.1, -0.05) is 25.0 Å². The van der Waals surface area contributed by atoms with Crippen LogP contribution in [0.5, 0.6) is 5.75 Å². The van der Waals surface area contributed by atoms with E-state index in [0.717, 1.165) is 0 Å². The van der Waals surface area contributed by atoms with Gasteiger partial charge in [0.2, 0.25) is 5.89 Å². The molecule has 2 aromatic rings. The number of hydrogen-bond acceptors (Lipinski definition) is 6. The quantitative estimate of drug-likeness (QED) is 0.824. The van der Waals surface area contributed by atoms with Crippen LogP contribution in [0, 0.1) is 5.82 Å². The molecule has 0 saturated carbocycles. The second-order valence-corrected chi connectivity index (χ2v) is 6.19. The lowest BCUT2D eigenvalue weighted by atomic mass is 10.2. The third kappa shape index (κ3) is 4.26. The molecular formula is C17H21FN4O3. The molecule has 134 valence electrons. The first-order valence-electron chi connectivity index (χ1n) is 8.27. The van der Waals surface area contributed by atoms with E-state index in [1.54, 1.807) is 17.0 Å². The van der Waals surface area contributed by atoms with E-state index in [1.165, 1.54) is 12.1 Å². The number of anilines is 1. The second-order valence-electron chi connectivity index (χ2n) is 6.19. The molecular weight excluding hydrogens is 327 g/mol. The fourth-order valence-corrected chi connectivity index (χ4v) is 2.53. The highest BCUT2D eigenvalue weighted by molar-refractivity contribution is 5.78. The van der Waals surface area contributed by atoms with Crippen LogP contribution in [0.25, 0.3) is 0 Å². The summed E-state index contributed by atoms with van der Waals surface area (Å²) in [6, 6.07) is 6.25. The molecule has 0 radical (unpaired) electrons. The maximum Gasteiger partial charge on any atom is 0.318 e. The highest BCUT2D eigenvalue weighted by Gasteiger charge is 2.24. The van der Waals surface area contributed by atoms with Crippen molar-refractivity contribution in [2.45, 2.75) is 19.8 Å². The molecule has 0 aliphatic carbocycles. The van der Waals surface area contributed by atoms with E-state index < -0.39 is 0 Å². The van der Waals surface area contributed by atoms with Crippen molar-refractivity contribution in [3.63, 3.8) is 0 Å². The average Bonchev–Trinajstić information content (AvgIpc) is 3.10. The standard InChI is InChI=1S/C17H21FN4O3/c1-12(2)16-19-20-17(25-16)22-8-6-21(7-9-22)15(23)11-24-14-5-3-4-13(18)10-14/h3-5,10,12H,6-9,11H2,1-2H3. The Balaban J connectivity index is 1.48. The van der Waals surface area contributed by atoms with Gasteiger partial charge >= 0.3 is 6.01 Å². The van der Waals surface area contributed by atoms with Gasteiger partial charge in [0.05, 0.1) is 0 Å². The van der Waals surface area contributed by atoms with Gasteiger partial charge in [-0.25, -0.2) is 4.39 Å². The van der Waals surface area contributed by atoms with Gasteiger partial charge in [0, 0.05) is 38.2 Å². The van der Waals surface area contributed by atoms with E-state index in [2.05, 4.69) is 10.2 Å². The molecule has 25 heavy (non-hydrogen) atoms. The zero-order chi connectivity index (χ0) is 17.8. The second kappa shape index (κ2) is 7.50.